The molecule has 1 aromatic carbocycles. The molecule has 0 amide bonds. The zero-order valence-corrected chi connectivity index (χ0v) is 9.12. The Hall–Kier alpha value is -1.32. The van der Waals surface area contributed by atoms with Crippen molar-refractivity contribution >= 4 is 5.69 Å². The first kappa shape index (κ1) is 11.2. The first-order valence-corrected chi connectivity index (χ1v) is 5.46. The minimum atomic E-state index is -2.77. The molecule has 0 spiro atoms. The average Bonchev–Trinajstić information content (AvgIpc) is 2.99. The third-order valence-electron chi connectivity index (χ3n) is 2.78. The largest absolute Gasteiger partial charge is 0.435 e. The van der Waals surface area contributed by atoms with E-state index < -0.39 is 6.61 Å². The van der Waals surface area contributed by atoms with E-state index in [1.807, 2.05) is 6.07 Å². The second kappa shape index (κ2) is 4.68. The molecule has 0 aliphatic heterocycles. The van der Waals surface area contributed by atoms with Crippen LogP contribution in [0.1, 0.15) is 19.8 Å². The Bertz CT molecular complexity index is 353. The van der Waals surface area contributed by atoms with Gasteiger partial charge in [-0.1, -0.05) is 6.07 Å². The summed E-state index contributed by atoms with van der Waals surface area (Å²) in [5.74, 6) is 0.919. The molecule has 2 rings (SSSR count). The molecular weight excluding hydrogens is 212 g/mol. The van der Waals surface area contributed by atoms with Crippen molar-refractivity contribution in [3.05, 3.63) is 24.3 Å². The van der Waals surface area contributed by atoms with E-state index in [-0.39, 0.29) is 5.75 Å². The molecule has 0 radical (unpaired) electrons. The lowest BCUT2D eigenvalue weighted by molar-refractivity contribution is -0.0498. The van der Waals surface area contributed by atoms with E-state index in [9.17, 15) is 8.78 Å². The number of alkyl halides is 2. The molecule has 1 aliphatic rings. The van der Waals surface area contributed by atoms with Crippen molar-refractivity contribution in [3.63, 3.8) is 0 Å². The first-order chi connectivity index (χ1) is 7.65. The smallest absolute Gasteiger partial charge is 0.387 e. The summed E-state index contributed by atoms with van der Waals surface area (Å²) >= 11 is 0. The predicted molar refractivity (Wildman–Crippen MR) is 58.9 cm³/mol. The van der Waals surface area contributed by atoms with Crippen LogP contribution in [0.3, 0.4) is 0 Å². The van der Waals surface area contributed by atoms with Gasteiger partial charge in [-0.05, 0) is 37.8 Å². The van der Waals surface area contributed by atoms with Gasteiger partial charge >= 0.3 is 6.61 Å². The van der Waals surface area contributed by atoms with Gasteiger partial charge in [0, 0.05) is 17.8 Å². The van der Waals surface area contributed by atoms with Gasteiger partial charge in [0.15, 0.2) is 0 Å². The summed E-state index contributed by atoms with van der Waals surface area (Å²) in [5.41, 5.74) is 0.831. The summed E-state index contributed by atoms with van der Waals surface area (Å²) in [6.07, 6.45) is 2.50. The molecule has 1 fully saturated rings. The molecule has 88 valence electrons. The van der Waals surface area contributed by atoms with Gasteiger partial charge in [-0.15, -0.1) is 0 Å². The second-order valence-electron chi connectivity index (χ2n) is 4.18. The fourth-order valence-corrected chi connectivity index (χ4v) is 1.74. The molecule has 0 saturated heterocycles. The quantitative estimate of drug-likeness (QED) is 0.831. The van der Waals surface area contributed by atoms with E-state index in [1.54, 1.807) is 12.1 Å². The number of anilines is 1. The zero-order chi connectivity index (χ0) is 11.5. The highest BCUT2D eigenvalue weighted by Crippen LogP contribution is 2.34. The van der Waals surface area contributed by atoms with E-state index in [4.69, 9.17) is 0 Å². The monoisotopic (exact) mass is 227 g/mol. The highest BCUT2D eigenvalue weighted by molar-refractivity contribution is 5.49. The molecule has 1 atom stereocenters. The lowest BCUT2D eigenvalue weighted by Crippen LogP contribution is -2.17. The van der Waals surface area contributed by atoms with Crippen molar-refractivity contribution in [1.82, 2.24) is 0 Å². The number of halogens is 2. The maximum absolute atomic E-state index is 12.0. The van der Waals surface area contributed by atoms with E-state index in [1.165, 1.54) is 18.9 Å². The molecule has 1 aromatic rings. The summed E-state index contributed by atoms with van der Waals surface area (Å²) < 4.78 is 28.4. The molecule has 1 aliphatic carbocycles. The van der Waals surface area contributed by atoms with E-state index in [0.29, 0.717) is 6.04 Å². The van der Waals surface area contributed by atoms with Gasteiger partial charge in [-0.2, -0.15) is 8.78 Å². The Labute approximate surface area is 93.6 Å². The van der Waals surface area contributed by atoms with Crippen LogP contribution in [0.5, 0.6) is 5.75 Å². The summed E-state index contributed by atoms with van der Waals surface area (Å²) in [5, 5.41) is 3.29. The third-order valence-corrected chi connectivity index (χ3v) is 2.78. The third kappa shape index (κ3) is 3.08. The molecule has 2 nitrogen and oxygen atoms in total. The molecule has 1 saturated carbocycles. The maximum atomic E-state index is 12.0. The summed E-state index contributed by atoms with van der Waals surface area (Å²) in [6.45, 7) is -0.658. The van der Waals surface area contributed by atoms with Crippen molar-refractivity contribution in [2.75, 3.05) is 5.32 Å². The minimum absolute atomic E-state index is 0.197. The number of ether oxygens (including phenoxy) is 1. The van der Waals surface area contributed by atoms with Crippen molar-refractivity contribution in [3.8, 4) is 5.75 Å². The molecule has 1 N–H and O–H groups in total. The van der Waals surface area contributed by atoms with E-state index in [2.05, 4.69) is 17.0 Å². The molecule has 0 heterocycles. The summed E-state index contributed by atoms with van der Waals surface area (Å²) in [7, 11) is 0. The van der Waals surface area contributed by atoms with Crippen LogP contribution in [0.25, 0.3) is 0 Å². The van der Waals surface area contributed by atoms with Gasteiger partial charge in [0.2, 0.25) is 0 Å². The van der Waals surface area contributed by atoms with Crippen molar-refractivity contribution < 1.29 is 13.5 Å². The summed E-state index contributed by atoms with van der Waals surface area (Å²) in [6, 6.07) is 7.09. The number of nitrogens with one attached hydrogen (secondary N) is 1. The van der Waals surface area contributed by atoms with Crippen molar-refractivity contribution in [1.29, 1.82) is 0 Å². The van der Waals surface area contributed by atoms with Crippen LogP contribution < -0.4 is 10.1 Å². The Kier molecular flexibility index (Phi) is 3.27. The van der Waals surface area contributed by atoms with Crippen LogP contribution in [0.4, 0.5) is 14.5 Å². The second-order valence-corrected chi connectivity index (χ2v) is 4.18. The minimum Gasteiger partial charge on any atom is -0.435 e. The van der Waals surface area contributed by atoms with Gasteiger partial charge in [0.25, 0.3) is 0 Å². The maximum Gasteiger partial charge on any atom is 0.387 e. The fourth-order valence-electron chi connectivity index (χ4n) is 1.74. The molecule has 4 heteroatoms. The van der Waals surface area contributed by atoms with Gasteiger partial charge in [-0.3, -0.25) is 0 Å². The van der Waals surface area contributed by atoms with Crippen LogP contribution in [0.2, 0.25) is 0 Å². The molecule has 1 unspecified atom stereocenters. The lowest BCUT2D eigenvalue weighted by Gasteiger charge is -2.15. The summed E-state index contributed by atoms with van der Waals surface area (Å²) in [4.78, 5) is 0. The van der Waals surface area contributed by atoms with Crippen LogP contribution in [-0.4, -0.2) is 12.7 Å². The zero-order valence-electron chi connectivity index (χ0n) is 9.12. The van der Waals surface area contributed by atoms with Crippen LogP contribution >= 0.6 is 0 Å². The number of rotatable bonds is 5. The standard InChI is InChI=1S/C12H15F2NO/c1-8(9-5-6-9)15-10-3-2-4-11(7-10)16-12(13)14/h2-4,7-9,12,15H,5-6H2,1H3. The number of hydrogen-bond acceptors (Lipinski definition) is 2. The van der Waals surface area contributed by atoms with Crippen molar-refractivity contribution in [2.24, 2.45) is 5.92 Å². The highest BCUT2D eigenvalue weighted by Gasteiger charge is 2.27. The Morgan fingerprint density at radius 1 is 1.38 bits per heavy atom. The van der Waals surface area contributed by atoms with Gasteiger partial charge < -0.3 is 10.1 Å². The fraction of sp³-hybridized carbons (Fsp3) is 0.500. The molecule has 0 bridgehead atoms. The predicted octanol–water partition coefficient (Wildman–Crippen LogP) is 3.50. The SMILES string of the molecule is CC(Nc1cccc(OC(F)F)c1)C1CC1. The van der Waals surface area contributed by atoms with Crippen molar-refractivity contribution in [2.45, 2.75) is 32.4 Å². The van der Waals surface area contributed by atoms with Gasteiger partial charge in [0.05, 0.1) is 0 Å². The lowest BCUT2D eigenvalue weighted by atomic mass is 10.2. The Morgan fingerprint density at radius 3 is 2.75 bits per heavy atom. The van der Waals surface area contributed by atoms with Crippen LogP contribution in [0.15, 0.2) is 24.3 Å². The van der Waals surface area contributed by atoms with Gasteiger partial charge in [0.1, 0.15) is 5.75 Å². The number of hydrogen-bond donors (Lipinski definition) is 1. The Balaban J connectivity index is 1.97. The highest BCUT2D eigenvalue weighted by atomic mass is 19.3. The van der Waals surface area contributed by atoms with E-state index in [0.717, 1.165) is 11.6 Å². The normalized spacial score (nSPS) is 17.2. The number of benzene rings is 1. The van der Waals surface area contributed by atoms with Gasteiger partial charge in [-0.25, -0.2) is 0 Å². The average molecular weight is 227 g/mol. The molecular formula is C12H15F2NO. The molecule has 0 aromatic heterocycles. The molecule has 16 heavy (non-hydrogen) atoms. The van der Waals surface area contributed by atoms with E-state index >= 15 is 0 Å². The Morgan fingerprint density at radius 2 is 2.12 bits per heavy atom. The topological polar surface area (TPSA) is 21.3 Å². The van der Waals surface area contributed by atoms with Crippen LogP contribution in [-0.2, 0) is 0 Å². The first-order valence-electron chi connectivity index (χ1n) is 5.46. The van der Waals surface area contributed by atoms with Crippen LogP contribution in [0, 0.1) is 5.92 Å².